The number of fused-ring (bicyclic) bond motifs is 3. The number of methoxy groups -OCH3 is 6. The smallest absolute Gasteiger partial charge is 0.306 e. The van der Waals surface area contributed by atoms with Gasteiger partial charge in [-0.05, 0) is 0 Å². The van der Waals surface area contributed by atoms with Crippen LogP contribution in [-0.4, -0.2) is 108 Å². The fourth-order valence-electron chi connectivity index (χ4n) is 5.63. The fourth-order valence-corrected chi connectivity index (χ4v) is 8.43. The Morgan fingerprint density at radius 2 is 0.800 bits per heavy atom. The van der Waals surface area contributed by atoms with Crippen molar-refractivity contribution in [3.8, 4) is 34.5 Å². The second-order valence-corrected chi connectivity index (χ2v) is 17.0. The van der Waals surface area contributed by atoms with E-state index in [4.69, 9.17) is 43.7 Å². The number of thiazole rings is 3. The molecule has 0 fully saturated rings. The zero-order valence-electron chi connectivity index (χ0n) is 36.2. The third-order valence-corrected chi connectivity index (χ3v) is 12.4. The van der Waals surface area contributed by atoms with Crippen molar-refractivity contribution in [1.82, 2.24) is 15.0 Å². The molecule has 3 unspecified atom stereocenters. The maximum absolute atomic E-state index is 14.3. The highest BCUT2D eigenvalue weighted by Crippen LogP contribution is 2.40. The van der Waals surface area contributed by atoms with E-state index >= 15 is 0 Å². The number of hydrogen-bond acceptors (Lipinski definition) is 18. The van der Waals surface area contributed by atoms with Gasteiger partial charge in [0.15, 0.2) is 78.5 Å². The van der Waals surface area contributed by atoms with E-state index in [-0.39, 0.29) is 69.1 Å². The van der Waals surface area contributed by atoms with Crippen LogP contribution in [0.3, 0.4) is 0 Å². The molecule has 3 heterocycles. The normalized spacial score (nSPS) is 12.2. The molecular formula is C42H43F2N3O15S3. The predicted molar refractivity (Wildman–Crippen MR) is 235 cm³/mol. The Hall–Kier alpha value is -6.59. The Labute approximate surface area is 380 Å². The zero-order valence-corrected chi connectivity index (χ0v) is 38.7. The third-order valence-electron chi connectivity index (χ3n) is 9.29. The molecule has 3 aromatic carbocycles. The minimum Gasteiger partial charge on any atom is -0.493 e. The van der Waals surface area contributed by atoms with Crippen molar-refractivity contribution in [3.05, 3.63) is 50.9 Å². The van der Waals surface area contributed by atoms with Crippen molar-refractivity contribution in [1.29, 1.82) is 0 Å². The van der Waals surface area contributed by atoms with E-state index in [1.165, 1.54) is 86.9 Å². The summed E-state index contributed by atoms with van der Waals surface area (Å²) >= 11 is 3.20. The molecular weight excluding hydrogens is 921 g/mol. The van der Waals surface area contributed by atoms with Crippen LogP contribution in [-0.2, 0) is 14.4 Å². The van der Waals surface area contributed by atoms with E-state index in [0.29, 0.717) is 31.4 Å². The molecule has 3 aromatic heterocycles. The van der Waals surface area contributed by atoms with Crippen LogP contribution in [0.4, 0.5) is 8.78 Å². The number of halogens is 2. The van der Waals surface area contributed by atoms with Crippen LogP contribution in [0.1, 0.15) is 69.4 Å². The minimum absolute atomic E-state index is 0.00831. The lowest BCUT2D eigenvalue weighted by molar-refractivity contribution is -0.141. The Bertz CT molecular complexity index is 2600. The van der Waals surface area contributed by atoms with Gasteiger partial charge in [-0.3, -0.25) is 28.8 Å². The summed E-state index contributed by atoms with van der Waals surface area (Å²) in [6.45, 7) is 4.36. The second-order valence-electron chi connectivity index (χ2n) is 13.9. The topological polar surface area (TPSA) is 257 Å². The Kier molecular flexibility index (Phi) is 17.6. The quantitative estimate of drug-likeness (QED) is 0.0687. The average Bonchev–Trinajstić information content (AvgIpc) is 4.03. The van der Waals surface area contributed by atoms with Gasteiger partial charge in [-0.15, -0.1) is 34.0 Å². The molecule has 6 aromatic rings. The van der Waals surface area contributed by atoms with Gasteiger partial charge in [0.1, 0.15) is 11.0 Å². The summed E-state index contributed by atoms with van der Waals surface area (Å²) < 4.78 is 60.6. The van der Waals surface area contributed by atoms with Crippen LogP contribution in [0.5, 0.6) is 34.5 Å². The standard InChI is InChI=1S/2C14H14FNO5S.C14H15NO5S/c2*1-6(14(18)19)4-7(17)13-16-11-9(22-13)5-8(20-2)12(21-3)10(11)15;1-7(14(17)18)4-9(16)13-15-8-5-10(19-2)11(20-3)6-12(8)21-13/h2*5-6H,4H2,1-3H3,(H,18,19);5-7H,4H2,1-3H3,(H,17,18). The van der Waals surface area contributed by atoms with Crippen molar-refractivity contribution in [2.75, 3.05) is 42.7 Å². The van der Waals surface area contributed by atoms with Crippen LogP contribution in [0.25, 0.3) is 30.6 Å². The lowest BCUT2D eigenvalue weighted by Gasteiger charge is -2.07. The number of hydrogen-bond donors (Lipinski definition) is 3. The van der Waals surface area contributed by atoms with Gasteiger partial charge < -0.3 is 43.7 Å². The number of benzene rings is 3. The van der Waals surface area contributed by atoms with Crippen LogP contribution < -0.4 is 28.4 Å². The van der Waals surface area contributed by atoms with Crippen molar-refractivity contribution in [2.24, 2.45) is 17.8 Å². The van der Waals surface area contributed by atoms with E-state index in [2.05, 4.69) is 15.0 Å². The number of aromatic nitrogens is 3. The number of carboxylic acids is 3. The predicted octanol–water partition coefficient (Wildman–Crippen LogP) is 8.10. The van der Waals surface area contributed by atoms with E-state index < -0.39 is 58.9 Å². The first-order valence-electron chi connectivity index (χ1n) is 19.0. The zero-order chi connectivity index (χ0) is 48.4. The number of Topliss-reactive ketones (excluding diaryl/α,β-unsaturated/α-hetero) is 3. The molecule has 3 N–H and O–H groups in total. The van der Waals surface area contributed by atoms with Crippen LogP contribution in [0, 0.1) is 29.4 Å². The van der Waals surface area contributed by atoms with E-state index in [1.807, 2.05) is 0 Å². The minimum atomic E-state index is -1.07. The van der Waals surface area contributed by atoms with Gasteiger partial charge in [0.25, 0.3) is 0 Å². The molecule has 348 valence electrons. The fraction of sp³-hybridized carbons (Fsp3) is 0.357. The highest BCUT2D eigenvalue weighted by Gasteiger charge is 2.26. The maximum atomic E-state index is 14.3. The average molecular weight is 964 g/mol. The molecule has 0 radical (unpaired) electrons. The Morgan fingerprint density at radius 3 is 1.12 bits per heavy atom. The molecule has 0 aliphatic carbocycles. The van der Waals surface area contributed by atoms with Gasteiger partial charge in [-0.25, -0.2) is 23.7 Å². The number of nitrogens with zero attached hydrogens (tertiary/aromatic N) is 3. The van der Waals surface area contributed by atoms with Gasteiger partial charge >= 0.3 is 17.9 Å². The number of carbonyl (C=O) groups is 6. The number of ether oxygens (including phenoxy) is 6. The third kappa shape index (κ3) is 12.0. The lowest BCUT2D eigenvalue weighted by atomic mass is 10.1. The number of ketones is 3. The molecule has 0 saturated heterocycles. The van der Waals surface area contributed by atoms with Gasteiger partial charge in [0.2, 0.25) is 0 Å². The number of rotatable bonds is 18. The van der Waals surface area contributed by atoms with Crippen molar-refractivity contribution in [3.63, 3.8) is 0 Å². The van der Waals surface area contributed by atoms with E-state index in [0.717, 1.165) is 27.4 Å². The van der Waals surface area contributed by atoms with E-state index in [9.17, 15) is 37.5 Å². The summed E-state index contributed by atoms with van der Waals surface area (Å²) in [7, 11) is 8.43. The first-order valence-corrected chi connectivity index (χ1v) is 21.4. The highest BCUT2D eigenvalue weighted by atomic mass is 32.1. The lowest BCUT2D eigenvalue weighted by Crippen LogP contribution is -2.14. The number of aliphatic carboxylic acids is 3. The Morgan fingerprint density at radius 1 is 0.492 bits per heavy atom. The molecule has 18 nitrogen and oxygen atoms in total. The van der Waals surface area contributed by atoms with Crippen LogP contribution in [0.2, 0.25) is 0 Å². The van der Waals surface area contributed by atoms with Crippen molar-refractivity contribution >= 4 is 99.9 Å². The van der Waals surface area contributed by atoms with Gasteiger partial charge in [-0.1, -0.05) is 20.8 Å². The summed E-state index contributed by atoms with van der Waals surface area (Å²) in [5.74, 6) is -6.74. The SMILES string of the molecule is COc1cc2nc(C(=O)CC(C)C(=O)O)sc2cc1OC.COc1cc2sc(C(=O)CC(C)C(=O)O)nc2c(F)c1OC.COc1cc2sc(C(=O)CC(C)C(=O)O)nc2c(F)c1OC. The molecule has 0 amide bonds. The molecule has 0 saturated carbocycles. The second kappa shape index (κ2) is 22.3. The summed E-state index contributed by atoms with van der Waals surface area (Å²) in [4.78, 5) is 80.8. The summed E-state index contributed by atoms with van der Waals surface area (Å²) in [5.41, 5.74) is 0.645. The summed E-state index contributed by atoms with van der Waals surface area (Å²) in [5, 5.41) is 27.0. The summed E-state index contributed by atoms with van der Waals surface area (Å²) in [6, 6.07) is 6.52. The molecule has 65 heavy (non-hydrogen) atoms. The van der Waals surface area contributed by atoms with E-state index in [1.54, 1.807) is 12.1 Å². The monoisotopic (exact) mass is 963 g/mol. The molecule has 0 aliphatic rings. The molecule has 3 atom stereocenters. The highest BCUT2D eigenvalue weighted by molar-refractivity contribution is 7.21. The molecule has 0 bridgehead atoms. The van der Waals surface area contributed by atoms with Gasteiger partial charge in [-0.2, -0.15) is 0 Å². The van der Waals surface area contributed by atoms with Gasteiger partial charge in [0.05, 0.1) is 80.0 Å². The largest absolute Gasteiger partial charge is 0.493 e. The molecule has 0 spiro atoms. The van der Waals surface area contributed by atoms with Crippen molar-refractivity contribution in [2.45, 2.75) is 40.0 Å². The molecule has 23 heteroatoms. The molecule has 6 rings (SSSR count). The maximum Gasteiger partial charge on any atom is 0.306 e. The number of carbonyl (C=O) groups excluding carboxylic acids is 3. The van der Waals surface area contributed by atoms with Gasteiger partial charge in [0, 0.05) is 43.5 Å². The van der Waals surface area contributed by atoms with Crippen LogP contribution in [0.15, 0.2) is 24.3 Å². The first kappa shape index (κ1) is 51.0. The van der Waals surface area contributed by atoms with Crippen molar-refractivity contribution < 1.29 is 81.3 Å². The first-order chi connectivity index (χ1) is 30.7. The number of carboxylic acid groups (broad SMARTS) is 3. The summed E-state index contributed by atoms with van der Waals surface area (Å²) in [6.07, 6.45) is -0.445. The Balaban J connectivity index is 0.000000213. The molecule has 0 aliphatic heterocycles. The van der Waals surface area contributed by atoms with Crippen LogP contribution >= 0.6 is 34.0 Å².